The number of carbonyl (C=O) groups excluding carboxylic acids is 3. The predicted molar refractivity (Wildman–Crippen MR) is 85.5 cm³/mol. The number of rotatable bonds is 12. The van der Waals surface area contributed by atoms with Crippen molar-refractivity contribution in [3.8, 4) is 0 Å². The summed E-state index contributed by atoms with van der Waals surface area (Å²) in [4.78, 5) is 34.0. The van der Waals surface area contributed by atoms with E-state index in [-0.39, 0.29) is 37.7 Å². The highest BCUT2D eigenvalue weighted by molar-refractivity contribution is 5.66. The van der Waals surface area contributed by atoms with E-state index in [1.165, 1.54) is 20.8 Å². The molecule has 10 heteroatoms. The monoisotopic (exact) mass is 351 g/mol. The number of carbonyl (C=O) groups is 3. The van der Waals surface area contributed by atoms with E-state index >= 15 is 0 Å². The molecular formula is C14H29N3O7. The average Bonchev–Trinajstić information content (AvgIpc) is 2.51. The third-order valence-electron chi connectivity index (χ3n) is 2.51. The second-order valence-corrected chi connectivity index (χ2v) is 4.47. The average molecular weight is 351 g/mol. The Balaban J connectivity index is 0. The van der Waals surface area contributed by atoms with Gasteiger partial charge in [-0.1, -0.05) is 0 Å². The third-order valence-corrected chi connectivity index (χ3v) is 2.51. The number of esters is 3. The van der Waals surface area contributed by atoms with Gasteiger partial charge in [-0.15, -0.1) is 0 Å². The van der Waals surface area contributed by atoms with Gasteiger partial charge >= 0.3 is 17.9 Å². The second-order valence-electron chi connectivity index (χ2n) is 4.47. The molecule has 0 saturated carbocycles. The fourth-order valence-electron chi connectivity index (χ4n) is 1.51. The molecular weight excluding hydrogens is 322 g/mol. The molecule has 0 bridgehead atoms. The first-order chi connectivity index (χ1) is 11.4. The van der Waals surface area contributed by atoms with Gasteiger partial charge in [-0.05, 0) is 0 Å². The maximum Gasteiger partial charge on any atom is 0.302 e. The number of ether oxygens (including phenoxy) is 4. The molecule has 0 aromatic heterocycles. The van der Waals surface area contributed by atoms with Crippen LogP contribution in [0.2, 0.25) is 0 Å². The zero-order valence-corrected chi connectivity index (χ0v) is 14.6. The van der Waals surface area contributed by atoms with Gasteiger partial charge in [0.25, 0.3) is 0 Å². The van der Waals surface area contributed by atoms with Crippen molar-refractivity contribution in [3.05, 3.63) is 0 Å². The van der Waals surface area contributed by atoms with E-state index in [0.29, 0.717) is 32.8 Å². The van der Waals surface area contributed by atoms with Crippen molar-refractivity contribution in [2.45, 2.75) is 20.8 Å². The van der Waals surface area contributed by atoms with Gasteiger partial charge in [-0.25, -0.2) is 0 Å². The minimum atomic E-state index is -0.340. The lowest BCUT2D eigenvalue weighted by molar-refractivity contribution is -0.144. The van der Waals surface area contributed by atoms with E-state index < -0.39 is 0 Å². The van der Waals surface area contributed by atoms with Crippen LogP contribution < -0.4 is 11.7 Å². The van der Waals surface area contributed by atoms with Crippen LogP contribution in [-0.4, -0.2) is 75.5 Å². The van der Waals surface area contributed by atoms with Crippen molar-refractivity contribution in [2.75, 3.05) is 52.7 Å². The van der Waals surface area contributed by atoms with Crippen LogP contribution >= 0.6 is 0 Å². The van der Waals surface area contributed by atoms with Gasteiger partial charge < -0.3 is 18.9 Å². The first-order valence-electron chi connectivity index (χ1n) is 7.45. The molecule has 24 heavy (non-hydrogen) atoms. The summed E-state index contributed by atoms with van der Waals surface area (Å²) in [5.74, 6) is 6.99. The third kappa shape index (κ3) is 20.2. The minimum absolute atomic E-state index is 0.218. The van der Waals surface area contributed by atoms with Gasteiger partial charge in [0.15, 0.2) is 0 Å². The Hall–Kier alpha value is -1.75. The van der Waals surface area contributed by atoms with Gasteiger partial charge in [-0.3, -0.25) is 31.0 Å². The van der Waals surface area contributed by atoms with Gasteiger partial charge in [0.1, 0.15) is 19.8 Å². The molecule has 0 saturated heterocycles. The Morgan fingerprint density at radius 3 is 1.46 bits per heavy atom. The molecule has 0 rings (SSSR count). The van der Waals surface area contributed by atoms with Crippen LogP contribution in [0.25, 0.3) is 0 Å². The zero-order chi connectivity index (χ0) is 18.8. The summed E-state index contributed by atoms with van der Waals surface area (Å²) in [5.41, 5.74) is 0. The van der Waals surface area contributed by atoms with Crippen molar-refractivity contribution in [3.63, 3.8) is 0 Å². The minimum Gasteiger partial charge on any atom is -0.465 e. The Morgan fingerprint density at radius 2 is 1.04 bits per heavy atom. The Morgan fingerprint density at radius 1 is 0.667 bits per heavy atom. The maximum atomic E-state index is 10.7. The lowest BCUT2D eigenvalue weighted by Crippen LogP contribution is -2.34. The quantitative estimate of drug-likeness (QED) is 0.145. The number of hydrogen-bond acceptors (Lipinski definition) is 10. The topological polar surface area (TPSA) is 143 Å². The summed E-state index contributed by atoms with van der Waals surface area (Å²) >= 11 is 0. The van der Waals surface area contributed by atoms with Crippen molar-refractivity contribution >= 4 is 17.9 Å². The van der Waals surface area contributed by atoms with Crippen LogP contribution in [0.15, 0.2) is 0 Å². The highest BCUT2D eigenvalue weighted by Crippen LogP contribution is 1.92. The first-order valence-corrected chi connectivity index (χ1v) is 7.45. The normalized spacial score (nSPS) is 9.75. The van der Waals surface area contributed by atoms with Crippen LogP contribution in [0.4, 0.5) is 0 Å². The molecule has 0 amide bonds. The molecule has 0 aliphatic carbocycles. The molecule has 0 atom stereocenters. The van der Waals surface area contributed by atoms with Crippen LogP contribution in [-0.2, 0) is 33.3 Å². The number of nitrogens with zero attached hydrogens (tertiary/aromatic N) is 1. The zero-order valence-electron chi connectivity index (χ0n) is 14.6. The van der Waals surface area contributed by atoms with Crippen molar-refractivity contribution in [1.82, 2.24) is 4.90 Å². The Bertz CT molecular complexity index is 333. The summed E-state index contributed by atoms with van der Waals surface area (Å²) in [6, 6.07) is 0. The summed E-state index contributed by atoms with van der Waals surface area (Å²) in [5, 5.41) is 0. The lowest BCUT2D eigenvalue weighted by atomic mass is 10.4. The smallest absolute Gasteiger partial charge is 0.302 e. The van der Waals surface area contributed by atoms with Gasteiger partial charge in [0, 0.05) is 40.4 Å². The summed E-state index contributed by atoms with van der Waals surface area (Å²) in [6.07, 6.45) is 0. The molecule has 0 heterocycles. The second kappa shape index (κ2) is 17.6. The fraction of sp³-hybridized carbons (Fsp3) is 0.786. The molecule has 0 aliphatic rings. The number of hydrogen-bond donors (Lipinski definition) is 2. The first kappa shape index (κ1) is 24.5. The van der Waals surface area contributed by atoms with E-state index in [0.717, 1.165) is 0 Å². The molecule has 0 unspecified atom stereocenters. The lowest BCUT2D eigenvalue weighted by Gasteiger charge is -2.21. The van der Waals surface area contributed by atoms with Crippen LogP contribution in [0.1, 0.15) is 20.8 Å². The van der Waals surface area contributed by atoms with E-state index in [1.807, 2.05) is 4.90 Å². The summed E-state index contributed by atoms with van der Waals surface area (Å²) in [7, 11) is 0. The van der Waals surface area contributed by atoms with Gasteiger partial charge in [0.05, 0.1) is 13.2 Å². The molecule has 0 spiro atoms. The van der Waals surface area contributed by atoms with E-state index in [2.05, 4.69) is 11.7 Å². The SMILES string of the molecule is CC(=O)OCCOCCN(CCOC(C)=O)CCOC(C)=O.NN. The van der Waals surface area contributed by atoms with Crippen molar-refractivity contribution < 1.29 is 33.3 Å². The van der Waals surface area contributed by atoms with E-state index in [1.54, 1.807) is 0 Å². The molecule has 0 aromatic rings. The largest absolute Gasteiger partial charge is 0.465 e. The Kier molecular flexibility index (Phi) is 18.0. The molecule has 0 radical (unpaired) electrons. The molecule has 10 nitrogen and oxygen atoms in total. The molecule has 142 valence electrons. The van der Waals surface area contributed by atoms with Crippen molar-refractivity contribution in [2.24, 2.45) is 11.7 Å². The van der Waals surface area contributed by atoms with Crippen LogP contribution in [0.5, 0.6) is 0 Å². The molecule has 4 N–H and O–H groups in total. The number of hydrazine groups is 1. The van der Waals surface area contributed by atoms with E-state index in [9.17, 15) is 14.4 Å². The maximum absolute atomic E-state index is 10.7. The molecule has 0 fully saturated rings. The summed E-state index contributed by atoms with van der Waals surface area (Å²) in [6.45, 7) is 7.17. The standard InChI is InChI=1S/C14H25NO7.H4N2/c1-12(16)20-8-5-15(6-9-21-13(2)17)4-7-19-10-11-22-14(3)18;1-2/h4-11H2,1-3H3;1-2H2. The van der Waals surface area contributed by atoms with Crippen LogP contribution in [0, 0.1) is 0 Å². The highest BCUT2D eigenvalue weighted by atomic mass is 16.6. The van der Waals surface area contributed by atoms with E-state index in [4.69, 9.17) is 18.9 Å². The highest BCUT2D eigenvalue weighted by Gasteiger charge is 2.07. The molecule has 0 aliphatic heterocycles. The molecule has 0 aromatic carbocycles. The Labute approximate surface area is 142 Å². The summed E-state index contributed by atoms with van der Waals surface area (Å²) < 4.78 is 19.8. The predicted octanol–water partition coefficient (Wildman–Crippen LogP) is -1.19. The van der Waals surface area contributed by atoms with Crippen LogP contribution in [0.3, 0.4) is 0 Å². The number of nitrogens with two attached hydrogens (primary N) is 2. The van der Waals surface area contributed by atoms with Gasteiger partial charge in [0.2, 0.25) is 0 Å². The van der Waals surface area contributed by atoms with Gasteiger partial charge in [-0.2, -0.15) is 0 Å². The van der Waals surface area contributed by atoms with Crippen molar-refractivity contribution in [1.29, 1.82) is 0 Å². The fourth-order valence-corrected chi connectivity index (χ4v) is 1.51.